The van der Waals surface area contributed by atoms with Crippen LogP contribution >= 0.6 is 0 Å². The Balaban J connectivity index is 1.60. The van der Waals surface area contributed by atoms with Gasteiger partial charge in [0.25, 0.3) is 0 Å². The van der Waals surface area contributed by atoms with Crippen molar-refractivity contribution < 1.29 is 14.3 Å². The molecule has 0 saturated carbocycles. The predicted molar refractivity (Wildman–Crippen MR) is 124 cm³/mol. The Morgan fingerprint density at radius 3 is 2.53 bits per heavy atom. The Labute approximate surface area is 187 Å². The number of fused-ring (bicyclic) bond motifs is 1. The quantitative estimate of drug-likeness (QED) is 0.522. The van der Waals surface area contributed by atoms with Crippen molar-refractivity contribution in [2.75, 3.05) is 11.9 Å². The highest BCUT2D eigenvalue weighted by molar-refractivity contribution is 6.07. The highest BCUT2D eigenvalue weighted by Gasteiger charge is 2.32. The number of nitrogens with zero attached hydrogens (tertiary/aromatic N) is 1. The van der Waals surface area contributed by atoms with Gasteiger partial charge in [0.2, 0.25) is 0 Å². The number of benzene rings is 1. The highest BCUT2D eigenvalue weighted by atomic mass is 16.5. The molecule has 0 aliphatic heterocycles. The number of para-hydroxylation sites is 1. The van der Waals surface area contributed by atoms with Crippen LogP contribution in [-0.4, -0.2) is 34.0 Å². The van der Waals surface area contributed by atoms with E-state index in [0.29, 0.717) is 18.4 Å². The van der Waals surface area contributed by atoms with Gasteiger partial charge in [-0.05, 0) is 51.5 Å². The first-order chi connectivity index (χ1) is 15.3. The Morgan fingerprint density at radius 1 is 1.12 bits per heavy atom. The summed E-state index contributed by atoms with van der Waals surface area (Å²) in [5.41, 5.74) is 4.63. The third-order valence-corrected chi connectivity index (χ3v) is 5.26. The number of hydrogen-bond acceptors (Lipinski definition) is 5. The van der Waals surface area contributed by atoms with E-state index < -0.39 is 6.09 Å². The van der Waals surface area contributed by atoms with E-state index in [1.54, 1.807) is 12.4 Å². The Hall–Kier alpha value is -3.61. The lowest BCUT2D eigenvalue weighted by molar-refractivity contribution is 0.0868. The maximum Gasteiger partial charge on any atom is 0.407 e. The molecule has 1 atom stereocenters. The molecule has 2 aromatic heterocycles. The second-order valence-electron chi connectivity index (χ2n) is 9.13. The molecule has 4 rings (SSSR count). The Kier molecular flexibility index (Phi) is 5.99. The first-order valence-corrected chi connectivity index (χ1v) is 10.8. The number of ketones is 1. The molecule has 0 fully saturated rings. The Bertz CT molecular complexity index is 1100. The predicted octanol–water partition coefficient (Wildman–Crippen LogP) is 5.09. The summed E-state index contributed by atoms with van der Waals surface area (Å²) >= 11 is 0. The molecular formula is C25H28N4O3. The van der Waals surface area contributed by atoms with Crippen molar-refractivity contribution >= 4 is 23.3 Å². The van der Waals surface area contributed by atoms with Gasteiger partial charge < -0.3 is 20.4 Å². The van der Waals surface area contributed by atoms with Crippen LogP contribution in [0.25, 0.3) is 11.3 Å². The molecular weight excluding hydrogens is 404 g/mol. The van der Waals surface area contributed by atoms with E-state index in [9.17, 15) is 9.59 Å². The van der Waals surface area contributed by atoms with Gasteiger partial charge in [-0.25, -0.2) is 4.79 Å². The van der Waals surface area contributed by atoms with Crippen LogP contribution in [0.1, 0.15) is 43.2 Å². The standard InChI is InChI=1S/C25H28N4O3/c1-25(2,3)29-24(31)32-15-16-13-19-21(20(30)14-16)23(27-18-7-5-4-6-8-18)22(28-19)17-9-11-26-12-10-17/h4-12,16,27-28H,13-15H2,1-3H3,(H,29,31). The number of H-pyrrole nitrogens is 1. The molecule has 0 saturated heterocycles. The molecule has 2 heterocycles. The monoisotopic (exact) mass is 432 g/mol. The number of rotatable bonds is 5. The van der Waals surface area contributed by atoms with Gasteiger partial charge in [-0.3, -0.25) is 9.78 Å². The lowest BCUT2D eigenvalue weighted by atomic mass is 9.86. The molecule has 0 bridgehead atoms. The molecule has 166 valence electrons. The normalized spacial score (nSPS) is 15.7. The Morgan fingerprint density at radius 2 is 1.84 bits per heavy atom. The highest BCUT2D eigenvalue weighted by Crippen LogP contribution is 2.39. The minimum Gasteiger partial charge on any atom is -0.449 e. The maximum absolute atomic E-state index is 13.2. The number of amides is 1. The smallest absolute Gasteiger partial charge is 0.407 e. The van der Waals surface area contributed by atoms with Crippen LogP contribution in [0.2, 0.25) is 0 Å². The summed E-state index contributed by atoms with van der Waals surface area (Å²) in [4.78, 5) is 32.8. The maximum atomic E-state index is 13.2. The molecule has 32 heavy (non-hydrogen) atoms. The summed E-state index contributed by atoms with van der Waals surface area (Å²) in [6.07, 6.45) is 3.94. The summed E-state index contributed by atoms with van der Waals surface area (Å²) < 4.78 is 5.40. The van der Waals surface area contributed by atoms with Gasteiger partial charge in [0, 0.05) is 47.2 Å². The fraction of sp³-hybridized carbons (Fsp3) is 0.320. The fourth-order valence-electron chi connectivity index (χ4n) is 3.92. The van der Waals surface area contributed by atoms with Crippen molar-refractivity contribution in [2.45, 2.75) is 39.2 Å². The molecule has 1 amide bonds. The number of anilines is 2. The minimum atomic E-state index is -0.467. The zero-order chi connectivity index (χ0) is 22.7. The van der Waals surface area contributed by atoms with Crippen LogP contribution in [0.4, 0.5) is 16.2 Å². The topological polar surface area (TPSA) is 96.1 Å². The molecule has 7 nitrogen and oxygen atoms in total. The molecule has 7 heteroatoms. The van der Waals surface area contributed by atoms with Crippen LogP contribution in [-0.2, 0) is 11.2 Å². The average molecular weight is 433 g/mol. The van der Waals surface area contributed by atoms with Crippen molar-refractivity contribution in [3.63, 3.8) is 0 Å². The number of aromatic amines is 1. The van der Waals surface area contributed by atoms with Gasteiger partial charge in [-0.1, -0.05) is 18.2 Å². The van der Waals surface area contributed by atoms with E-state index in [-0.39, 0.29) is 23.8 Å². The van der Waals surface area contributed by atoms with Gasteiger partial charge in [-0.2, -0.15) is 0 Å². The number of hydrogen-bond donors (Lipinski definition) is 3. The van der Waals surface area contributed by atoms with Crippen LogP contribution < -0.4 is 10.6 Å². The lowest BCUT2D eigenvalue weighted by Gasteiger charge is -2.24. The second-order valence-corrected chi connectivity index (χ2v) is 9.13. The number of ether oxygens (including phenoxy) is 1. The molecule has 3 N–H and O–H groups in total. The van der Waals surface area contributed by atoms with E-state index in [1.807, 2.05) is 63.2 Å². The van der Waals surface area contributed by atoms with Gasteiger partial charge in [0.1, 0.15) is 0 Å². The molecule has 1 unspecified atom stereocenters. The average Bonchev–Trinajstić information content (AvgIpc) is 3.11. The van der Waals surface area contributed by atoms with Crippen LogP contribution in [0, 0.1) is 5.92 Å². The third kappa shape index (κ3) is 4.99. The van der Waals surface area contributed by atoms with Gasteiger partial charge in [0.05, 0.1) is 23.6 Å². The number of carbonyl (C=O) groups is 2. The van der Waals surface area contributed by atoms with Crippen molar-refractivity contribution in [3.8, 4) is 11.3 Å². The van der Waals surface area contributed by atoms with Crippen LogP contribution in [0.15, 0.2) is 54.9 Å². The first kappa shape index (κ1) is 21.6. The molecule has 0 radical (unpaired) electrons. The number of nitrogens with one attached hydrogen (secondary N) is 3. The summed E-state index contributed by atoms with van der Waals surface area (Å²) in [5.74, 6) is -0.0414. The third-order valence-electron chi connectivity index (χ3n) is 5.26. The van der Waals surface area contributed by atoms with Crippen LogP contribution in [0.3, 0.4) is 0 Å². The SMILES string of the molecule is CC(C)(C)NC(=O)OCC1CC(=O)c2c([nH]c(-c3ccncc3)c2Nc2ccccc2)C1. The molecule has 3 aromatic rings. The number of pyridine rings is 1. The molecule has 1 aliphatic rings. The lowest BCUT2D eigenvalue weighted by Crippen LogP contribution is -2.41. The van der Waals surface area contributed by atoms with E-state index in [2.05, 4.69) is 20.6 Å². The first-order valence-electron chi connectivity index (χ1n) is 10.8. The summed E-state index contributed by atoms with van der Waals surface area (Å²) in [7, 11) is 0. The molecule has 0 spiro atoms. The van der Waals surface area contributed by atoms with Crippen molar-refractivity contribution in [3.05, 3.63) is 66.1 Å². The second kappa shape index (κ2) is 8.86. The minimum absolute atomic E-state index is 0.0334. The van der Waals surface area contributed by atoms with E-state index in [1.165, 1.54) is 0 Å². The van der Waals surface area contributed by atoms with Crippen molar-refractivity contribution in [1.82, 2.24) is 15.3 Å². The van der Waals surface area contributed by atoms with Gasteiger partial charge >= 0.3 is 6.09 Å². The number of carbonyl (C=O) groups excluding carboxylic acids is 2. The van der Waals surface area contributed by atoms with E-state index in [4.69, 9.17) is 4.74 Å². The van der Waals surface area contributed by atoms with Gasteiger partial charge in [0.15, 0.2) is 5.78 Å². The number of Topliss-reactive ketones (excluding diaryl/α,β-unsaturated/α-hetero) is 1. The van der Waals surface area contributed by atoms with Crippen molar-refractivity contribution in [2.24, 2.45) is 5.92 Å². The van der Waals surface area contributed by atoms with Gasteiger partial charge in [-0.15, -0.1) is 0 Å². The largest absolute Gasteiger partial charge is 0.449 e. The summed E-state index contributed by atoms with van der Waals surface area (Å²) in [6, 6.07) is 13.6. The zero-order valence-electron chi connectivity index (χ0n) is 18.6. The fourth-order valence-corrected chi connectivity index (χ4v) is 3.92. The summed E-state index contributed by atoms with van der Waals surface area (Å²) in [5, 5.41) is 6.21. The zero-order valence-corrected chi connectivity index (χ0v) is 18.6. The van der Waals surface area contributed by atoms with E-state index in [0.717, 1.165) is 28.3 Å². The summed E-state index contributed by atoms with van der Waals surface area (Å²) in [6.45, 7) is 5.88. The van der Waals surface area contributed by atoms with Crippen molar-refractivity contribution in [1.29, 1.82) is 0 Å². The number of aromatic nitrogens is 2. The van der Waals surface area contributed by atoms with E-state index >= 15 is 0 Å². The molecule has 1 aliphatic carbocycles. The number of alkyl carbamates (subject to hydrolysis) is 1. The van der Waals surface area contributed by atoms with Crippen LogP contribution in [0.5, 0.6) is 0 Å². The molecule has 1 aromatic carbocycles.